The average Bonchev–Trinajstić information content (AvgIpc) is 2.27. The molecule has 0 heterocycles. The van der Waals surface area contributed by atoms with Crippen molar-refractivity contribution in [2.75, 3.05) is 18.6 Å². The molecule has 0 aliphatic heterocycles. The van der Waals surface area contributed by atoms with Gasteiger partial charge in [0, 0.05) is 16.7 Å². The normalized spacial score (nSPS) is 11.6. The Morgan fingerprint density at radius 1 is 1.50 bits per heavy atom. The van der Waals surface area contributed by atoms with Crippen molar-refractivity contribution in [3.8, 4) is 5.75 Å². The van der Waals surface area contributed by atoms with E-state index >= 15 is 0 Å². The third-order valence-electron chi connectivity index (χ3n) is 2.00. The molecule has 0 aliphatic rings. The zero-order valence-electron chi connectivity index (χ0n) is 9.45. The van der Waals surface area contributed by atoms with Gasteiger partial charge in [-0.1, -0.05) is 0 Å². The van der Waals surface area contributed by atoms with Gasteiger partial charge in [0.15, 0.2) is 0 Å². The largest absolute Gasteiger partial charge is 0.492 e. The highest BCUT2D eigenvalue weighted by atomic mass is 79.9. The number of halogens is 3. The van der Waals surface area contributed by atoms with E-state index in [4.69, 9.17) is 15.4 Å². The van der Waals surface area contributed by atoms with Crippen LogP contribution in [-0.2, 0) is 9.05 Å². The Hall–Kier alpha value is 0.0200. The van der Waals surface area contributed by atoms with Crippen molar-refractivity contribution in [3.05, 3.63) is 22.4 Å². The number of rotatable bonds is 6. The molecule has 1 aromatic rings. The molecule has 1 aromatic carbocycles. The van der Waals surface area contributed by atoms with Crippen molar-refractivity contribution in [3.63, 3.8) is 0 Å². The Balaban J connectivity index is 2.87. The van der Waals surface area contributed by atoms with Crippen LogP contribution in [0.15, 0.2) is 21.5 Å². The molecule has 0 radical (unpaired) electrons. The summed E-state index contributed by atoms with van der Waals surface area (Å²) in [6.07, 6.45) is 2.81. The van der Waals surface area contributed by atoms with Gasteiger partial charge in [0.05, 0.1) is 11.1 Å². The van der Waals surface area contributed by atoms with Crippen molar-refractivity contribution in [1.29, 1.82) is 0 Å². The number of ether oxygens (including phenoxy) is 1. The van der Waals surface area contributed by atoms with Crippen molar-refractivity contribution in [1.82, 2.24) is 0 Å². The topological polar surface area (TPSA) is 43.4 Å². The lowest BCUT2D eigenvalue weighted by molar-refractivity contribution is 0.314. The molecule has 0 unspecified atom stereocenters. The Labute approximate surface area is 123 Å². The fourth-order valence-corrected chi connectivity index (χ4v) is 3.11. The van der Waals surface area contributed by atoms with E-state index in [-0.39, 0.29) is 5.75 Å². The summed E-state index contributed by atoms with van der Waals surface area (Å²) in [5.41, 5.74) is 0. The summed E-state index contributed by atoms with van der Waals surface area (Å²) in [5, 5.41) is 0. The van der Waals surface area contributed by atoms with Gasteiger partial charge in [-0.05, 0) is 40.4 Å². The summed E-state index contributed by atoms with van der Waals surface area (Å²) in [6.45, 7) is 0.436. The Bertz CT molecular complexity index is 522. The van der Waals surface area contributed by atoms with Crippen LogP contribution >= 0.6 is 38.4 Å². The van der Waals surface area contributed by atoms with E-state index in [2.05, 4.69) is 15.9 Å². The molecule has 0 bridgehead atoms. The highest BCUT2D eigenvalue weighted by Crippen LogP contribution is 2.31. The summed E-state index contributed by atoms with van der Waals surface area (Å²) in [4.78, 5) is -0.562. The highest BCUT2D eigenvalue weighted by molar-refractivity contribution is 9.10. The maximum absolute atomic E-state index is 13.5. The van der Waals surface area contributed by atoms with Gasteiger partial charge in [-0.3, -0.25) is 0 Å². The molecule has 3 nitrogen and oxygen atoms in total. The van der Waals surface area contributed by atoms with Gasteiger partial charge in [-0.15, -0.1) is 0 Å². The van der Waals surface area contributed by atoms with E-state index in [1.165, 1.54) is 0 Å². The smallest absolute Gasteiger partial charge is 0.264 e. The monoisotopic (exact) mass is 376 g/mol. The number of hydrogen-bond acceptors (Lipinski definition) is 4. The molecule has 0 saturated carbocycles. The van der Waals surface area contributed by atoms with E-state index < -0.39 is 19.8 Å². The third-order valence-corrected chi connectivity index (χ3v) is 4.65. The Kier molecular flexibility index (Phi) is 6.23. The second-order valence-electron chi connectivity index (χ2n) is 3.35. The zero-order chi connectivity index (χ0) is 13.8. The molecule has 0 fully saturated rings. The van der Waals surface area contributed by atoms with Gasteiger partial charge < -0.3 is 4.74 Å². The lowest BCUT2D eigenvalue weighted by atomic mass is 10.3. The second kappa shape index (κ2) is 6.98. The molecule has 0 aliphatic carbocycles. The van der Waals surface area contributed by atoms with Gasteiger partial charge >= 0.3 is 0 Å². The van der Waals surface area contributed by atoms with Gasteiger partial charge in [0.1, 0.15) is 16.5 Å². The van der Waals surface area contributed by atoms with Crippen LogP contribution in [0, 0.1) is 5.82 Å². The minimum absolute atomic E-state index is 0.262. The summed E-state index contributed by atoms with van der Waals surface area (Å²) >= 11 is 4.81. The van der Waals surface area contributed by atoms with Gasteiger partial charge in [0.25, 0.3) is 9.05 Å². The lowest BCUT2D eigenvalue weighted by Crippen LogP contribution is -2.02. The average molecular weight is 378 g/mol. The van der Waals surface area contributed by atoms with Crippen LogP contribution < -0.4 is 4.74 Å². The fourth-order valence-electron chi connectivity index (χ4n) is 1.19. The molecule has 0 atom stereocenters. The number of benzene rings is 1. The minimum Gasteiger partial charge on any atom is -0.492 e. The maximum Gasteiger partial charge on any atom is 0.264 e. The van der Waals surface area contributed by atoms with Crippen LogP contribution in [0.5, 0.6) is 5.75 Å². The van der Waals surface area contributed by atoms with E-state index in [1.54, 1.807) is 11.8 Å². The van der Waals surface area contributed by atoms with E-state index in [0.29, 0.717) is 11.1 Å². The van der Waals surface area contributed by atoms with Crippen molar-refractivity contribution in [2.45, 2.75) is 11.3 Å². The van der Waals surface area contributed by atoms with Crippen molar-refractivity contribution >= 4 is 47.4 Å². The highest BCUT2D eigenvalue weighted by Gasteiger charge is 2.19. The molecule has 0 aromatic heterocycles. The van der Waals surface area contributed by atoms with Crippen LogP contribution in [-0.4, -0.2) is 27.0 Å². The molecule has 0 amide bonds. The Morgan fingerprint density at radius 2 is 2.17 bits per heavy atom. The molecular formula is C10H11BrClFO3S2. The first-order chi connectivity index (χ1) is 8.36. The first-order valence-electron chi connectivity index (χ1n) is 4.91. The quantitative estimate of drug-likeness (QED) is 0.561. The van der Waals surface area contributed by atoms with E-state index in [9.17, 15) is 12.8 Å². The first-order valence-corrected chi connectivity index (χ1v) is 9.41. The summed E-state index contributed by atoms with van der Waals surface area (Å²) < 4.78 is 41.4. The number of thioether (sulfide) groups is 1. The van der Waals surface area contributed by atoms with Gasteiger partial charge in [-0.25, -0.2) is 12.8 Å². The third kappa shape index (κ3) is 4.60. The van der Waals surface area contributed by atoms with Crippen LogP contribution in [0.3, 0.4) is 0 Å². The first kappa shape index (κ1) is 16.1. The van der Waals surface area contributed by atoms with Crippen LogP contribution in [0.2, 0.25) is 0 Å². The standard InChI is InChI=1S/C10H11BrClFO3S2/c1-17-4-2-3-16-9-6-8(13)10(5-7(9)11)18(12,14)15/h5-6H,2-4H2,1H3. The molecule has 0 N–H and O–H groups in total. The lowest BCUT2D eigenvalue weighted by Gasteiger charge is -2.09. The molecule has 18 heavy (non-hydrogen) atoms. The SMILES string of the molecule is CSCCCOc1cc(F)c(S(=O)(=O)Cl)cc1Br. The van der Waals surface area contributed by atoms with Gasteiger partial charge in [0.2, 0.25) is 0 Å². The molecule has 0 saturated heterocycles. The molecule has 8 heteroatoms. The summed E-state index contributed by atoms with van der Waals surface area (Å²) in [6, 6.07) is 2.11. The summed E-state index contributed by atoms with van der Waals surface area (Å²) in [7, 11) is 1.01. The van der Waals surface area contributed by atoms with Crippen LogP contribution in [0.4, 0.5) is 4.39 Å². The molecule has 1 rings (SSSR count). The molecule has 102 valence electrons. The summed E-state index contributed by atoms with van der Waals surface area (Å²) in [5.74, 6) is 0.277. The predicted octanol–water partition coefficient (Wildman–Crippen LogP) is 3.65. The van der Waals surface area contributed by atoms with E-state index in [1.807, 2.05) is 6.26 Å². The second-order valence-corrected chi connectivity index (χ2v) is 7.72. The van der Waals surface area contributed by atoms with Gasteiger partial charge in [-0.2, -0.15) is 11.8 Å². The number of hydrogen-bond donors (Lipinski definition) is 0. The molecule has 0 spiro atoms. The Morgan fingerprint density at radius 3 is 2.72 bits per heavy atom. The van der Waals surface area contributed by atoms with Crippen LogP contribution in [0.25, 0.3) is 0 Å². The fraction of sp³-hybridized carbons (Fsp3) is 0.400. The predicted molar refractivity (Wildman–Crippen MR) is 75.6 cm³/mol. The van der Waals surface area contributed by atoms with Crippen molar-refractivity contribution < 1.29 is 17.5 Å². The molecular weight excluding hydrogens is 367 g/mol. The maximum atomic E-state index is 13.5. The van der Waals surface area contributed by atoms with E-state index in [0.717, 1.165) is 24.3 Å². The zero-order valence-corrected chi connectivity index (χ0v) is 13.4. The van der Waals surface area contributed by atoms with Crippen molar-refractivity contribution in [2.24, 2.45) is 0 Å². The minimum atomic E-state index is -4.09. The van der Waals surface area contributed by atoms with Crippen LogP contribution in [0.1, 0.15) is 6.42 Å².